The van der Waals surface area contributed by atoms with E-state index >= 15 is 0 Å². The van der Waals surface area contributed by atoms with Crippen LogP contribution in [0.3, 0.4) is 0 Å². The van der Waals surface area contributed by atoms with E-state index in [4.69, 9.17) is 0 Å². The van der Waals surface area contributed by atoms with Gasteiger partial charge in [0.05, 0.1) is 12.6 Å². The Bertz CT molecular complexity index is 586. The van der Waals surface area contributed by atoms with Gasteiger partial charge in [0, 0.05) is 15.9 Å². The van der Waals surface area contributed by atoms with E-state index in [1.807, 2.05) is 54.6 Å². The van der Waals surface area contributed by atoms with Gasteiger partial charge in [-0.1, -0.05) is 40.2 Å². The second-order valence-corrected chi connectivity index (χ2v) is 6.87. The van der Waals surface area contributed by atoms with Gasteiger partial charge in [0.2, 0.25) is 5.91 Å². The number of amides is 1. The van der Waals surface area contributed by atoms with Crippen LogP contribution in [0.2, 0.25) is 0 Å². The van der Waals surface area contributed by atoms with Crippen molar-refractivity contribution in [2.75, 3.05) is 7.05 Å². The molecule has 2 aromatic rings. The molecule has 1 aromatic heterocycles. The molecular formula is C16H19BrN2OS. The molecule has 1 amide bonds. The predicted octanol–water partition coefficient (Wildman–Crippen LogP) is 3.65. The van der Waals surface area contributed by atoms with Crippen molar-refractivity contribution in [3.05, 3.63) is 56.7 Å². The monoisotopic (exact) mass is 366 g/mol. The van der Waals surface area contributed by atoms with Crippen LogP contribution in [0.1, 0.15) is 17.4 Å². The van der Waals surface area contributed by atoms with Gasteiger partial charge in [-0.3, -0.25) is 9.69 Å². The SMILES string of the molecule is CC(C(=O)NCc1cccs1)N(C)Cc1ccccc1Br. The first-order chi connectivity index (χ1) is 10.1. The molecule has 21 heavy (non-hydrogen) atoms. The first kappa shape index (κ1) is 16.2. The molecule has 1 atom stereocenters. The Morgan fingerprint density at radius 1 is 1.33 bits per heavy atom. The highest BCUT2D eigenvalue weighted by atomic mass is 79.9. The van der Waals surface area contributed by atoms with Crippen molar-refractivity contribution < 1.29 is 4.79 Å². The minimum absolute atomic E-state index is 0.0537. The van der Waals surface area contributed by atoms with Gasteiger partial charge in [-0.05, 0) is 37.0 Å². The topological polar surface area (TPSA) is 32.3 Å². The van der Waals surface area contributed by atoms with Gasteiger partial charge in [0.15, 0.2) is 0 Å². The number of benzene rings is 1. The molecule has 3 nitrogen and oxygen atoms in total. The average Bonchev–Trinajstić information content (AvgIpc) is 2.99. The number of likely N-dealkylation sites (N-methyl/N-ethyl adjacent to an activating group) is 1. The number of nitrogens with zero attached hydrogens (tertiary/aromatic N) is 1. The summed E-state index contributed by atoms with van der Waals surface area (Å²) in [6, 6.07) is 11.9. The molecule has 1 N–H and O–H groups in total. The maximum Gasteiger partial charge on any atom is 0.237 e. The number of carbonyl (C=O) groups is 1. The smallest absolute Gasteiger partial charge is 0.237 e. The molecule has 0 saturated carbocycles. The number of halogens is 1. The Kier molecular flexibility index (Phi) is 5.96. The third-order valence-electron chi connectivity index (χ3n) is 3.44. The summed E-state index contributed by atoms with van der Waals surface area (Å²) in [5, 5.41) is 5.00. The fraction of sp³-hybridized carbons (Fsp3) is 0.312. The summed E-state index contributed by atoms with van der Waals surface area (Å²) >= 11 is 5.20. The summed E-state index contributed by atoms with van der Waals surface area (Å²) in [6.07, 6.45) is 0. The zero-order valence-corrected chi connectivity index (χ0v) is 14.6. The summed E-state index contributed by atoms with van der Waals surface area (Å²) in [4.78, 5) is 15.4. The number of hydrogen-bond acceptors (Lipinski definition) is 3. The fourth-order valence-electron chi connectivity index (χ4n) is 1.97. The van der Waals surface area contributed by atoms with Crippen LogP contribution in [-0.2, 0) is 17.9 Å². The number of carbonyl (C=O) groups excluding carboxylic acids is 1. The molecule has 112 valence electrons. The second kappa shape index (κ2) is 7.73. The van der Waals surface area contributed by atoms with Crippen molar-refractivity contribution >= 4 is 33.2 Å². The highest BCUT2D eigenvalue weighted by Crippen LogP contribution is 2.18. The molecule has 5 heteroatoms. The first-order valence-corrected chi connectivity index (χ1v) is 8.49. The van der Waals surface area contributed by atoms with Crippen LogP contribution < -0.4 is 5.32 Å². The Labute approximate surface area is 138 Å². The molecule has 1 heterocycles. The van der Waals surface area contributed by atoms with Crippen molar-refractivity contribution in [1.29, 1.82) is 0 Å². The quantitative estimate of drug-likeness (QED) is 0.845. The van der Waals surface area contributed by atoms with E-state index in [-0.39, 0.29) is 11.9 Å². The molecule has 0 aliphatic carbocycles. The molecule has 0 fully saturated rings. The molecule has 1 aromatic carbocycles. The Balaban J connectivity index is 1.88. The van der Waals surface area contributed by atoms with Crippen LogP contribution in [0.15, 0.2) is 46.3 Å². The van der Waals surface area contributed by atoms with Crippen LogP contribution >= 0.6 is 27.3 Å². The third-order valence-corrected chi connectivity index (χ3v) is 5.09. The van der Waals surface area contributed by atoms with Crippen molar-refractivity contribution in [3.8, 4) is 0 Å². The van der Waals surface area contributed by atoms with Crippen molar-refractivity contribution in [2.24, 2.45) is 0 Å². The van der Waals surface area contributed by atoms with Gasteiger partial charge < -0.3 is 5.32 Å². The lowest BCUT2D eigenvalue weighted by Gasteiger charge is -2.24. The van der Waals surface area contributed by atoms with Crippen molar-refractivity contribution in [1.82, 2.24) is 10.2 Å². The minimum atomic E-state index is -0.169. The summed E-state index contributed by atoms with van der Waals surface area (Å²) in [5.74, 6) is 0.0537. The predicted molar refractivity (Wildman–Crippen MR) is 91.2 cm³/mol. The number of thiophene rings is 1. The van der Waals surface area contributed by atoms with E-state index in [9.17, 15) is 4.79 Å². The van der Waals surface area contributed by atoms with E-state index in [2.05, 4.69) is 27.3 Å². The molecular weight excluding hydrogens is 348 g/mol. The number of rotatable bonds is 6. The lowest BCUT2D eigenvalue weighted by atomic mass is 10.2. The Morgan fingerprint density at radius 2 is 2.10 bits per heavy atom. The highest BCUT2D eigenvalue weighted by molar-refractivity contribution is 9.10. The van der Waals surface area contributed by atoms with E-state index in [1.54, 1.807) is 11.3 Å². The van der Waals surface area contributed by atoms with Gasteiger partial charge in [-0.25, -0.2) is 0 Å². The van der Waals surface area contributed by atoms with Crippen molar-refractivity contribution in [3.63, 3.8) is 0 Å². The van der Waals surface area contributed by atoms with Crippen molar-refractivity contribution in [2.45, 2.75) is 26.1 Å². The zero-order chi connectivity index (χ0) is 15.2. The van der Waals surface area contributed by atoms with Gasteiger partial charge in [0.25, 0.3) is 0 Å². The standard InChI is InChI=1S/C16H19BrN2OS/c1-12(16(20)18-10-14-7-5-9-21-14)19(2)11-13-6-3-4-8-15(13)17/h3-9,12H,10-11H2,1-2H3,(H,18,20). The molecule has 0 aliphatic rings. The highest BCUT2D eigenvalue weighted by Gasteiger charge is 2.18. The minimum Gasteiger partial charge on any atom is -0.350 e. The maximum absolute atomic E-state index is 12.2. The summed E-state index contributed by atoms with van der Waals surface area (Å²) < 4.78 is 1.07. The van der Waals surface area contributed by atoms with Crippen LogP contribution in [-0.4, -0.2) is 23.9 Å². The van der Waals surface area contributed by atoms with Crippen LogP contribution in [0.5, 0.6) is 0 Å². The van der Waals surface area contributed by atoms with Crippen LogP contribution in [0.25, 0.3) is 0 Å². The van der Waals surface area contributed by atoms with E-state index in [0.717, 1.165) is 11.0 Å². The largest absolute Gasteiger partial charge is 0.350 e. The van der Waals surface area contributed by atoms with Gasteiger partial charge >= 0.3 is 0 Å². The summed E-state index contributed by atoms with van der Waals surface area (Å²) in [6.45, 7) is 3.26. The molecule has 0 bridgehead atoms. The molecule has 0 aliphatic heterocycles. The lowest BCUT2D eigenvalue weighted by molar-refractivity contribution is -0.125. The molecule has 0 radical (unpaired) electrons. The van der Waals surface area contributed by atoms with E-state index in [0.29, 0.717) is 6.54 Å². The molecule has 1 unspecified atom stereocenters. The molecule has 0 spiro atoms. The summed E-state index contributed by atoms with van der Waals surface area (Å²) in [5.41, 5.74) is 1.18. The van der Waals surface area contributed by atoms with Gasteiger partial charge in [-0.2, -0.15) is 0 Å². The van der Waals surface area contributed by atoms with E-state index < -0.39 is 0 Å². The van der Waals surface area contributed by atoms with E-state index in [1.165, 1.54) is 10.4 Å². The normalized spacial score (nSPS) is 12.4. The average molecular weight is 367 g/mol. The fourth-order valence-corrected chi connectivity index (χ4v) is 3.02. The van der Waals surface area contributed by atoms with Crippen LogP contribution in [0.4, 0.5) is 0 Å². The number of hydrogen-bond donors (Lipinski definition) is 1. The lowest BCUT2D eigenvalue weighted by Crippen LogP contribution is -2.42. The van der Waals surface area contributed by atoms with Crippen LogP contribution in [0, 0.1) is 0 Å². The zero-order valence-electron chi connectivity index (χ0n) is 12.2. The maximum atomic E-state index is 12.2. The Morgan fingerprint density at radius 3 is 2.76 bits per heavy atom. The number of nitrogens with one attached hydrogen (secondary N) is 1. The van der Waals surface area contributed by atoms with Gasteiger partial charge in [0.1, 0.15) is 0 Å². The third kappa shape index (κ3) is 4.66. The first-order valence-electron chi connectivity index (χ1n) is 6.81. The summed E-state index contributed by atoms with van der Waals surface area (Å²) in [7, 11) is 1.97. The molecule has 2 rings (SSSR count). The Hall–Kier alpha value is -1.17. The van der Waals surface area contributed by atoms with Gasteiger partial charge in [-0.15, -0.1) is 11.3 Å². The second-order valence-electron chi connectivity index (χ2n) is 4.98. The molecule has 0 saturated heterocycles.